The highest BCUT2D eigenvalue weighted by atomic mass is 16.5. The number of aromatic nitrogens is 1. The molecule has 1 unspecified atom stereocenters. The van der Waals surface area contributed by atoms with Crippen LogP contribution in [0.1, 0.15) is 36.6 Å². The molecule has 1 N–H and O–H groups in total. The summed E-state index contributed by atoms with van der Waals surface area (Å²) in [5.41, 5.74) is 3.66. The summed E-state index contributed by atoms with van der Waals surface area (Å²) in [6.07, 6.45) is 3.93. The smallest absolute Gasteiger partial charge is 0.119 e. The first-order valence-corrected chi connectivity index (χ1v) is 6.96. The topological polar surface area (TPSA) is 34.1 Å². The summed E-state index contributed by atoms with van der Waals surface area (Å²) in [6.45, 7) is 6.15. The Kier molecular flexibility index (Phi) is 4.74. The minimum absolute atomic E-state index is 0.172. The van der Waals surface area contributed by atoms with Gasteiger partial charge in [-0.15, -0.1) is 0 Å². The fourth-order valence-electron chi connectivity index (χ4n) is 2.32. The number of benzene rings is 1. The number of hydrogen-bond donors (Lipinski definition) is 1. The second-order valence-electron chi connectivity index (χ2n) is 5.19. The van der Waals surface area contributed by atoms with E-state index in [2.05, 4.69) is 35.4 Å². The second-order valence-corrected chi connectivity index (χ2v) is 5.19. The summed E-state index contributed by atoms with van der Waals surface area (Å²) in [5, 5.41) is 3.37. The van der Waals surface area contributed by atoms with E-state index >= 15 is 0 Å². The van der Waals surface area contributed by atoms with Crippen molar-refractivity contribution in [1.29, 1.82) is 0 Å². The highest BCUT2D eigenvalue weighted by Gasteiger charge is 2.14. The van der Waals surface area contributed by atoms with Crippen molar-refractivity contribution < 1.29 is 4.74 Å². The largest absolute Gasteiger partial charge is 0.491 e. The third-order valence-corrected chi connectivity index (χ3v) is 3.25. The van der Waals surface area contributed by atoms with Crippen LogP contribution in [0, 0.1) is 6.92 Å². The van der Waals surface area contributed by atoms with Crippen LogP contribution in [-0.2, 0) is 0 Å². The van der Waals surface area contributed by atoms with Gasteiger partial charge >= 0.3 is 0 Å². The number of nitrogens with one attached hydrogen (secondary N) is 1. The summed E-state index contributed by atoms with van der Waals surface area (Å²) >= 11 is 0. The van der Waals surface area contributed by atoms with Crippen molar-refractivity contribution in [1.82, 2.24) is 10.3 Å². The molecular weight excluding hydrogens is 248 g/mol. The third kappa shape index (κ3) is 3.36. The van der Waals surface area contributed by atoms with Crippen LogP contribution in [0.4, 0.5) is 0 Å². The Balaban J connectivity index is 2.26. The Morgan fingerprint density at radius 3 is 2.35 bits per heavy atom. The molecule has 20 heavy (non-hydrogen) atoms. The van der Waals surface area contributed by atoms with Gasteiger partial charge in [0.1, 0.15) is 5.75 Å². The average Bonchev–Trinajstić information content (AvgIpc) is 2.43. The lowest BCUT2D eigenvalue weighted by Crippen LogP contribution is -2.18. The lowest BCUT2D eigenvalue weighted by Gasteiger charge is -2.19. The average molecular weight is 270 g/mol. The van der Waals surface area contributed by atoms with Gasteiger partial charge in [0, 0.05) is 12.4 Å². The van der Waals surface area contributed by atoms with E-state index in [4.69, 9.17) is 4.74 Å². The van der Waals surface area contributed by atoms with E-state index in [0.717, 1.165) is 5.75 Å². The number of ether oxygens (including phenoxy) is 1. The van der Waals surface area contributed by atoms with Crippen LogP contribution in [0.2, 0.25) is 0 Å². The monoisotopic (exact) mass is 270 g/mol. The Bertz CT molecular complexity index is 549. The maximum atomic E-state index is 5.68. The quantitative estimate of drug-likeness (QED) is 0.903. The van der Waals surface area contributed by atoms with Crippen LogP contribution < -0.4 is 10.1 Å². The van der Waals surface area contributed by atoms with Crippen molar-refractivity contribution in [2.75, 3.05) is 7.05 Å². The fraction of sp³-hybridized carbons (Fsp3) is 0.353. The van der Waals surface area contributed by atoms with E-state index < -0.39 is 0 Å². The maximum absolute atomic E-state index is 5.68. The predicted octanol–water partition coefficient (Wildman–Crippen LogP) is 3.49. The zero-order valence-corrected chi connectivity index (χ0v) is 12.6. The highest BCUT2D eigenvalue weighted by Crippen LogP contribution is 2.25. The molecule has 106 valence electrons. The van der Waals surface area contributed by atoms with Crippen molar-refractivity contribution in [2.24, 2.45) is 0 Å². The molecule has 0 spiro atoms. The molecule has 0 radical (unpaired) electrons. The maximum Gasteiger partial charge on any atom is 0.119 e. The standard InChI is InChI=1S/C17H22N2O/c1-12(2)20-15-7-5-14(6-8-15)17(18-4)16-9-10-19-11-13(16)3/h5-12,17-18H,1-4H3. The summed E-state index contributed by atoms with van der Waals surface area (Å²) in [6, 6.07) is 10.5. The van der Waals surface area contributed by atoms with E-state index in [-0.39, 0.29) is 12.1 Å². The highest BCUT2D eigenvalue weighted by molar-refractivity contribution is 5.37. The van der Waals surface area contributed by atoms with Gasteiger partial charge in [0.15, 0.2) is 0 Å². The van der Waals surface area contributed by atoms with Crippen molar-refractivity contribution in [2.45, 2.75) is 32.9 Å². The molecule has 2 rings (SSSR count). The molecule has 0 aliphatic rings. The summed E-state index contributed by atoms with van der Waals surface area (Å²) in [5.74, 6) is 0.907. The molecular formula is C17H22N2O. The van der Waals surface area contributed by atoms with Crippen LogP contribution in [0.3, 0.4) is 0 Å². The Morgan fingerprint density at radius 2 is 1.80 bits per heavy atom. The molecule has 0 bridgehead atoms. The number of aryl methyl sites for hydroxylation is 1. The fourth-order valence-corrected chi connectivity index (χ4v) is 2.32. The first-order chi connectivity index (χ1) is 9.61. The number of pyridine rings is 1. The third-order valence-electron chi connectivity index (χ3n) is 3.25. The lowest BCUT2D eigenvalue weighted by molar-refractivity contribution is 0.242. The molecule has 2 aromatic rings. The minimum Gasteiger partial charge on any atom is -0.491 e. The molecule has 1 atom stereocenters. The van der Waals surface area contributed by atoms with E-state index in [1.807, 2.05) is 45.4 Å². The van der Waals surface area contributed by atoms with Gasteiger partial charge in [-0.25, -0.2) is 0 Å². The van der Waals surface area contributed by atoms with E-state index in [1.165, 1.54) is 16.7 Å². The molecule has 0 fully saturated rings. The number of rotatable bonds is 5. The van der Waals surface area contributed by atoms with Crippen molar-refractivity contribution >= 4 is 0 Å². The van der Waals surface area contributed by atoms with Crippen LogP contribution in [0.15, 0.2) is 42.7 Å². The van der Waals surface area contributed by atoms with Gasteiger partial charge in [0.25, 0.3) is 0 Å². The molecule has 0 amide bonds. The molecule has 0 aliphatic heterocycles. The van der Waals surface area contributed by atoms with Gasteiger partial charge in [-0.05, 0) is 62.7 Å². The van der Waals surface area contributed by atoms with Gasteiger partial charge in [0.05, 0.1) is 12.1 Å². The normalized spacial score (nSPS) is 12.4. The van der Waals surface area contributed by atoms with E-state index in [9.17, 15) is 0 Å². The van der Waals surface area contributed by atoms with Gasteiger partial charge < -0.3 is 10.1 Å². The predicted molar refractivity (Wildman–Crippen MR) is 82.1 cm³/mol. The van der Waals surface area contributed by atoms with Gasteiger partial charge in [-0.1, -0.05) is 12.1 Å². The summed E-state index contributed by atoms with van der Waals surface area (Å²) in [4.78, 5) is 4.15. The first-order valence-electron chi connectivity index (χ1n) is 6.96. The summed E-state index contributed by atoms with van der Waals surface area (Å²) in [7, 11) is 1.98. The van der Waals surface area contributed by atoms with E-state index in [1.54, 1.807) is 0 Å². The van der Waals surface area contributed by atoms with Gasteiger partial charge in [-0.2, -0.15) is 0 Å². The SMILES string of the molecule is CNC(c1ccc(OC(C)C)cc1)c1ccncc1C. The van der Waals surface area contributed by atoms with Gasteiger partial charge in [0.2, 0.25) is 0 Å². The zero-order chi connectivity index (χ0) is 14.5. The molecule has 3 nitrogen and oxygen atoms in total. The molecule has 1 aromatic heterocycles. The molecule has 0 saturated carbocycles. The molecule has 1 aromatic carbocycles. The van der Waals surface area contributed by atoms with Gasteiger partial charge in [-0.3, -0.25) is 4.98 Å². The first kappa shape index (κ1) is 14.5. The second kappa shape index (κ2) is 6.53. The van der Waals surface area contributed by atoms with Crippen LogP contribution >= 0.6 is 0 Å². The number of nitrogens with zero attached hydrogens (tertiary/aromatic N) is 1. The van der Waals surface area contributed by atoms with Crippen LogP contribution in [-0.4, -0.2) is 18.1 Å². The van der Waals surface area contributed by atoms with Crippen molar-refractivity contribution in [3.63, 3.8) is 0 Å². The zero-order valence-electron chi connectivity index (χ0n) is 12.6. The molecule has 1 heterocycles. The molecule has 0 aliphatic carbocycles. The van der Waals surface area contributed by atoms with E-state index in [0.29, 0.717) is 0 Å². The summed E-state index contributed by atoms with van der Waals surface area (Å²) < 4.78 is 5.68. The molecule has 0 saturated heterocycles. The van der Waals surface area contributed by atoms with Crippen LogP contribution in [0.5, 0.6) is 5.75 Å². The Morgan fingerprint density at radius 1 is 1.10 bits per heavy atom. The lowest BCUT2D eigenvalue weighted by atomic mass is 9.96. The Labute approximate surface area is 121 Å². The van der Waals surface area contributed by atoms with Crippen molar-refractivity contribution in [3.8, 4) is 5.75 Å². The number of hydrogen-bond acceptors (Lipinski definition) is 3. The van der Waals surface area contributed by atoms with Crippen molar-refractivity contribution in [3.05, 3.63) is 59.4 Å². The Hall–Kier alpha value is -1.87. The van der Waals surface area contributed by atoms with Crippen LogP contribution in [0.25, 0.3) is 0 Å². The minimum atomic E-state index is 0.172. The molecule has 3 heteroatoms.